The quantitative estimate of drug-likeness (QED) is 0.601. The van der Waals surface area contributed by atoms with Gasteiger partial charge in [-0.25, -0.2) is 0 Å². The highest BCUT2D eigenvalue weighted by Crippen LogP contribution is 2.33. The number of nitrogens with one attached hydrogen (secondary N) is 1. The molecule has 1 aromatic rings. The first kappa shape index (κ1) is 7.80. The molecule has 64 valence electrons. The minimum absolute atomic E-state index is 0.546. The van der Waals surface area contributed by atoms with E-state index in [1.54, 1.807) is 0 Å². The topological polar surface area (TPSA) is 38.0 Å². The van der Waals surface area contributed by atoms with Crippen LogP contribution in [-0.2, 0) is 0 Å². The molecule has 0 aromatic heterocycles. The van der Waals surface area contributed by atoms with E-state index >= 15 is 0 Å². The lowest BCUT2D eigenvalue weighted by Crippen LogP contribution is -2.21. The highest BCUT2D eigenvalue weighted by molar-refractivity contribution is 7.99. The van der Waals surface area contributed by atoms with Gasteiger partial charge >= 0.3 is 0 Å². The molecule has 2 nitrogen and oxygen atoms in total. The standard InChI is InChI=1S/C9H12N2S/c1-6-5-12-9-3-2-7(10)4-8(9)11-6/h2-4,6,11H,5,10H2,1H3. The van der Waals surface area contributed by atoms with Crippen LogP contribution in [-0.4, -0.2) is 11.8 Å². The average molecular weight is 180 g/mol. The Hall–Kier alpha value is -0.830. The Morgan fingerprint density at radius 2 is 2.42 bits per heavy atom. The molecule has 0 fully saturated rings. The minimum atomic E-state index is 0.546. The number of rotatable bonds is 0. The third-order valence-corrected chi connectivity index (χ3v) is 3.23. The molecule has 0 bridgehead atoms. The monoisotopic (exact) mass is 180 g/mol. The first-order chi connectivity index (χ1) is 5.75. The minimum Gasteiger partial charge on any atom is -0.399 e. The van der Waals surface area contributed by atoms with E-state index in [1.165, 1.54) is 10.6 Å². The van der Waals surface area contributed by atoms with E-state index in [2.05, 4.69) is 18.3 Å². The van der Waals surface area contributed by atoms with Crippen LogP contribution in [0.4, 0.5) is 11.4 Å². The maximum atomic E-state index is 5.68. The highest BCUT2D eigenvalue weighted by Gasteiger charge is 2.13. The zero-order valence-corrected chi connectivity index (χ0v) is 7.82. The van der Waals surface area contributed by atoms with Crippen LogP contribution in [0.3, 0.4) is 0 Å². The van der Waals surface area contributed by atoms with Gasteiger partial charge in [0.05, 0.1) is 5.69 Å². The van der Waals surface area contributed by atoms with Crippen LogP contribution in [0, 0.1) is 0 Å². The molecule has 3 heteroatoms. The fourth-order valence-electron chi connectivity index (χ4n) is 1.31. The van der Waals surface area contributed by atoms with Gasteiger partial charge in [-0.2, -0.15) is 0 Å². The van der Waals surface area contributed by atoms with Crippen molar-refractivity contribution < 1.29 is 0 Å². The fourth-order valence-corrected chi connectivity index (χ4v) is 2.26. The van der Waals surface area contributed by atoms with Crippen molar-refractivity contribution in [2.24, 2.45) is 0 Å². The van der Waals surface area contributed by atoms with Gasteiger partial charge in [-0.05, 0) is 25.1 Å². The molecule has 0 saturated heterocycles. The Balaban J connectivity index is 2.37. The Morgan fingerprint density at radius 3 is 3.25 bits per heavy atom. The SMILES string of the molecule is CC1CSc2ccc(N)cc2N1. The molecule has 2 rings (SSSR count). The normalized spacial score (nSPS) is 21.2. The van der Waals surface area contributed by atoms with Gasteiger partial charge in [0.15, 0.2) is 0 Å². The summed E-state index contributed by atoms with van der Waals surface area (Å²) in [7, 11) is 0. The van der Waals surface area contributed by atoms with E-state index in [-0.39, 0.29) is 0 Å². The van der Waals surface area contributed by atoms with Crippen LogP contribution in [0.2, 0.25) is 0 Å². The lowest BCUT2D eigenvalue weighted by Gasteiger charge is -2.23. The summed E-state index contributed by atoms with van der Waals surface area (Å²) < 4.78 is 0. The van der Waals surface area contributed by atoms with Crippen molar-refractivity contribution in [3.05, 3.63) is 18.2 Å². The molecular formula is C9H12N2S. The van der Waals surface area contributed by atoms with E-state index < -0.39 is 0 Å². The summed E-state index contributed by atoms with van der Waals surface area (Å²) in [5.74, 6) is 1.14. The number of benzene rings is 1. The molecule has 0 saturated carbocycles. The van der Waals surface area contributed by atoms with Crippen LogP contribution in [0.5, 0.6) is 0 Å². The van der Waals surface area contributed by atoms with Crippen LogP contribution in [0.15, 0.2) is 23.1 Å². The zero-order chi connectivity index (χ0) is 8.55. The van der Waals surface area contributed by atoms with Crippen molar-refractivity contribution in [1.29, 1.82) is 0 Å². The third-order valence-electron chi connectivity index (χ3n) is 1.89. The molecule has 0 radical (unpaired) electrons. The Morgan fingerprint density at radius 1 is 1.58 bits per heavy atom. The van der Waals surface area contributed by atoms with Gasteiger partial charge in [0, 0.05) is 22.4 Å². The Bertz CT molecular complexity index is 299. The van der Waals surface area contributed by atoms with Crippen molar-refractivity contribution in [2.75, 3.05) is 16.8 Å². The van der Waals surface area contributed by atoms with Crippen molar-refractivity contribution in [2.45, 2.75) is 17.9 Å². The van der Waals surface area contributed by atoms with Crippen molar-refractivity contribution in [3.8, 4) is 0 Å². The second kappa shape index (κ2) is 2.90. The van der Waals surface area contributed by atoms with Crippen molar-refractivity contribution in [3.63, 3.8) is 0 Å². The summed E-state index contributed by atoms with van der Waals surface area (Å²) in [5.41, 5.74) is 7.69. The summed E-state index contributed by atoms with van der Waals surface area (Å²) in [6, 6.07) is 6.57. The van der Waals surface area contributed by atoms with Gasteiger partial charge < -0.3 is 11.1 Å². The number of thioether (sulfide) groups is 1. The molecule has 12 heavy (non-hydrogen) atoms. The van der Waals surface area contributed by atoms with Gasteiger partial charge in [-0.15, -0.1) is 11.8 Å². The molecular weight excluding hydrogens is 168 g/mol. The zero-order valence-electron chi connectivity index (χ0n) is 7.00. The van der Waals surface area contributed by atoms with Crippen molar-refractivity contribution in [1.82, 2.24) is 0 Å². The smallest absolute Gasteiger partial charge is 0.0501 e. The molecule has 0 aliphatic carbocycles. The molecule has 0 amide bonds. The Labute approximate surface area is 76.5 Å². The van der Waals surface area contributed by atoms with Gasteiger partial charge in [0.1, 0.15) is 0 Å². The summed E-state index contributed by atoms with van der Waals surface area (Å²) in [6.45, 7) is 2.18. The van der Waals surface area contributed by atoms with Gasteiger partial charge in [0.25, 0.3) is 0 Å². The van der Waals surface area contributed by atoms with Gasteiger partial charge in [-0.1, -0.05) is 0 Å². The molecule has 1 aliphatic rings. The molecule has 1 aromatic carbocycles. The number of nitrogen functional groups attached to an aromatic ring is 1. The fraction of sp³-hybridized carbons (Fsp3) is 0.333. The third kappa shape index (κ3) is 1.37. The molecule has 1 heterocycles. The highest BCUT2D eigenvalue weighted by atomic mass is 32.2. The summed E-state index contributed by atoms with van der Waals surface area (Å²) >= 11 is 1.89. The maximum absolute atomic E-state index is 5.68. The number of hydrogen-bond donors (Lipinski definition) is 2. The second-order valence-electron chi connectivity index (χ2n) is 3.11. The number of hydrogen-bond acceptors (Lipinski definition) is 3. The number of nitrogens with two attached hydrogens (primary N) is 1. The molecule has 1 aliphatic heterocycles. The Kier molecular flexibility index (Phi) is 1.89. The molecule has 1 atom stereocenters. The number of anilines is 2. The van der Waals surface area contributed by atoms with Gasteiger partial charge in [0.2, 0.25) is 0 Å². The van der Waals surface area contributed by atoms with Gasteiger partial charge in [-0.3, -0.25) is 0 Å². The summed E-state index contributed by atoms with van der Waals surface area (Å²) in [4.78, 5) is 1.31. The first-order valence-electron chi connectivity index (χ1n) is 4.04. The largest absolute Gasteiger partial charge is 0.399 e. The summed E-state index contributed by atoms with van der Waals surface area (Å²) in [5, 5.41) is 3.40. The van der Waals surface area contributed by atoms with E-state index in [9.17, 15) is 0 Å². The first-order valence-corrected chi connectivity index (χ1v) is 5.03. The van der Waals surface area contributed by atoms with Crippen molar-refractivity contribution >= 4 is 23.1 Å². The van der Waals surface area contributed by atoms with Crippen LogP contribution in [0.1, 0.15) is 6.92 Å². The summed E-state index contributed by atoms with van der Waals surface area (Å²) in [6.07, 6.45) is 0. The predicted octanol–water partition coefficient (Wildman–Crippen LogP) is 2.17. The predicted molar refractivity (Wildman–Crippen MR) is 54.7 cm³/mol. The molecule has 0 spiro atoms. The second-order valence-corrected chi connectivity index (χ2v) is 4.17. The van der Waals surface area contributed by atoms with E-state index in [1.807, 2.05) is 23.9 Å². The van der Waals surface area contributed by atoms with Crippen LogP contribution >= 0.6 is 11.8 Å². The maximum Gasteiger partial charge on any atom is 0.0501 e. The lowest BCUT2D eigenvalue weighted by atomic mass is 10.2. The van der Waals surface area contributed by atoms with Crippen LogP contribution in [0.25, 0.3) is 0 Å². The number of fused-ring (bicyclic) bond motifs is 1. The van der Waals surface area contributed by atoms with E-state index in [0.717, 1.165) is 11.4 Å². The van der Waals surface area contributed by atoms with Crippen LogP contribution < -0.4 is 11.1 Å². The molecule has 3 N–H and O–H groups in total. The van der Waals surface area contributed by atoms with E-state index in [0.29, 0.717) is 6.04 Å². The molecule has 1 unspecified atom stereocenters. The average Bonchev–Trinajstić information content (AvgIpc) is 2.03. The lowest BCUT2D eigenvalue weighted by molar-refractivity contribution is 0.895. The van der Waals surface area contributed by atoms with E-state index in [4.69, 9.17) is 5.73 Å².